The zero-order chi connectivity index (χ0) is 13.2. The van der Waals surface area contributed by atoms with Gasteiger partial charge in [0.05, 0.1) is 4.90 Å². The van der Waals surface area contributed by atoms with Gasteiger partial charge in [0.1, 0.15) is 0 Å². The Hall–Kier alpha value is -0.620. The summed E-state index contributed by atoms with van der Waals surface area (Å²) >= 11 is 0. The van der Waals surface area contributed by atoms with Gasteiger partial charge >= 0.3 is 0 Å². The van der Waals surface area contributed by atoms with E-state index in [0.717, 1.165) is 18.4 Å². The fraction of sp³-hybridized carbons (Fsp3) is 0.538. The number of nitrogens with zero attached hydrogens (tertiary/aromatic N) is 1. The number of nitrogens with one attached hydrogen (secondary N) is 1. The maximum absolute atomic E-state index is 12.6. The second-order valence-corrected chi connectivity index (χ2v) is 6.66. The lowest BCUT2D eigenvalue weighted by Gasteiger charge is -2.32. The van der Waals surface area contributed by atoms with E-state index in [9.17, 15) is 8.42 Å². The number of hydrogen-bond donors (Lipinski definition) is 1. The van der Waals surface area contributed by atoms with Gasteiger partial charge in [-0.2, -0.15) is 4.31 Å². The molecule has 1 aliphatic rings. The summed E-state index contributed by atoms with van der Waals surface area (Å²) in [5, 5.41) is 3.17. The van der Waals surface area contributed by atoms with Crippen LogP contribution in [0.4, 0.5) is 0 Å². The highest BCUT2D eigenvalue weighted by molar-refractivity contribution is 7.89. The number of rotatable bonds is 3. The molecule has 108 valence electrons. The molecule has 0 spiro atoms. The van der Waals surface area contributed by atoms with Gasteiger partial charge in [0.2, 0.25) is 10.0 Å². The van der Waals surface area contributed by atoms with Crippen LogP contribution in [0.15, 0.2) is 29.2 Å². The summed E-state index contributed by atoms with van der Waals surface area (Å²) < 4.78 is 26.7. The quantitative estimate of drug-likeness (QED) is 0.926. The molecule has 1 N–H and O–H groups in total. The van der Waals surface area contributed by atoms with Crippen molar-refractivity contribution < 1.29 is 8.42 Å². The molecule has 0 aliphatic carbocycles. The molecule has 0 amide bonds. The maximum atomic E-state index is 12.6. The predicted octanol–water partition coefficient (Wildman–Crippen LogP) is 1.79. The number of hydrogen-bond acceptors (Lipinski definition) is 3. The molecule has 19 heavy (non-hydrogen) atoms. The van der Waals surface area contributed by atoms with Gasteiger partial charge in [-0.25, -0.2) is 8.42 Å². The molecule has 1 aromatic rings. The van der Waals surface area contributed by atoms with Crippen LogP contribution in [0.2, 0.25) is 0 Å². The molecular formula is C13H21ClN2O2S. The Morgan fingerprint density at radius 1 is 1.32 bits per heavy atom. The Morgan fingerprint density at radius 3 is 2.63 bits per heavy atom. The lowest BCUT2D eigenvalue weighted by Crippen LogP contribution is -2.46. The minimum Gasteiger partial charge on any atom is -0.316 e. The number of halogens is 1. The van der Waals surface area contributed by atoms with Crippen LogP contribution >= 0.6 is 12.4 Å². The smallest absolute Gasteiger partial charge is 0.243 e. The zero-order valence-corrected chi connectivity index (χ0v) is 12.9. The predicted molar refractivity (Wildman–Crippen MR) is 79.3 cm³/mol. The molecule has 0 saturated carbocycles. The average Bonchev–Trinajstić information content (AvgIpc) is 2.39. The highest BCUT2D eigenvalue weighted by Gasteiger charge is 2.30. The van der Waals surface area contributed by atoms with Crippen LogP contribution in [0.5, 0.6) is 0 Å². The molecule has 0 radical (unpaired) electrons. The van der Waals surface area contributed by atoms with Crippen LogP contribution in [0.25, 0.3) is 0 Å². The van der Waals surface area contributed by atoms with E-state index in [1.807, 2.05) is 26.1 Å². The fourth-order valence-corrected chi connectivity index (χ4v) is 4.13. The van der Waals surface area contributed by atoms with E-state index in [0.29, 0.717) is 18.0 Å². The third kappa shape index (κ3) is 3.48. The van der Waals surface area contributed by atoms with E-state index in [2.05, 4.69) is 5.32 Å². The van der Waals surface area contributed by atoms with Crippen LogP contribution in [0.1, 0.15) is 18.4 Å². The van der Waals surface area contributed by atoms with Crippen molar-refractivity contribution in [1.29, 1.82) is 0 Å². The van der Waals surface area contributed by atoms with Crippen molar-refractivity contribution in [1.82, 2.24) is 9.62 Å². The average molecular weight is 305 g/mol. The molecule has 1 aromatic carbocycles. The second kappa shape index (κ2) is 6.70. The standard InChI is InChI=1S/C13H20N2O2S.ClH/c1-11-6-3-4-8-13(11)18(16,17)15-9-5-7-12(10-15)14-2;/h3-4,6,8,12,14H,5,7,9-10H2,1-2H3;1H. The molecule has 1 unspecified atom stereocenters. The number of aryl methyl sites for hydroxylation is 1. The van der Waals surface area contributed by atoms with E-state index in [1.54, 1.807) is 16.4 Å². The molecule has 1 aliphatic heterocycles. The zero-order valence-electron chi connectivity index (χ0n) is 11.3. The first-order chi connectivity index (χ1) is 8.55. The van der Waals surface area contributed by atoms with Gasteiger partial charge in [-0.05, 0) is 38.4 Å². The van der Waals surface area contributed by atoms with Gasteiger partial charge in [-0.15, -0.1) is 12.4 Å². The lowest BCUT2D eigenvalue weighted by atomic mass is 10.1. The fourth-order valence-electron chi connectivity index (χ4n) is 2.38. The van der Waals surface area contributed by atoms with E-state index in [1.165, 1.54) is 0 Å². The van der Waals surface area contributed by atoms with Crippen LogP contribution < -0.4 is 5.32 Å². The van der Waals surface area contributed by atoms with Crippen molar-refractivity contribution in [3.63, 3.8) is 0 Å². The molecule has 0 aromatic heterocycles. The molecule has 2 rings (SSSR count). The Bertz CT molecular complexity index is 519. The third-order valence-corrected chi connectivity index (χ3v) is 5.53. The number of benzene rings is 1. The van der Waals surface area contributed by atoms with Gasteiger partial charge in [0.25, 0.3) is 0 Å². The summed E-state index contributed by atoms with van der Waals surface area (Å²) in [6, 6.07) is 7.43. The number of likely N-dealkylation sites (N-methyl/N-ethyl adjacent to an activating group) is 1. The highest BCUT2D eigenvalue weighted by Crippen LogP contribution is 2.22. The normalized spacial score (nSPS) is 20.8. The van der Waals surface area contributed by atoms with Crippen LogP contribution in [-0.2, 0) is 10.0 Å². The Morgan fingerprint density at radius 2 is 2.00 bits per heavy atom. The van der Waals surface area contributed by atoms with Crippen molar-refractivity contribution in [2.75, 3.05) is 20.1 Å². The van der Waals surface area contributed by atoms with E-state index in [4.69, 9.17) is 0 Å². The van der Waals surface area contributed by atoms with E-state index < -0.39 is 10.0 Å². The third-order valence-electron chi connectivity index (χ3n) is 3.50. The summed E-state index contributed by atoms with van der Waals surface area (Å²) in [7, 11) is -1.46. The topological polar surface area (TPSA) is 49.4 Å². The van der Waals surface area contributed by atoms with E-state index in [-0.39, 0.29) is 18.4 Å². The first-order valence-corrected chi connectivity index (χ1v) is 7.73. The Labute approximate surface area is 121 Å². The molecule has 4 nitrogen and oxygen atoms in total. The van der Waals surface area contributed by atoms with E-state index >= 15 is 0 Å². The SMILES string of the molecule is CNC1CCCN(S(=O)(=O)c2ccccc2C)C1.Cl. The molecule has 0 bridgehead atoms. The highest BCUT2D eigenvalue weighted by atomic mass is 35.5. The lowest BCUT2D eigenvalue weighted by molar-refractivity contribution is 0.292. The van der Waals surface area contributed by atoms with Gasteiger partial charge in [0.15, 0.2) is 0 Å². The van der Waals surface area contributed by atoms with Crippen molar-refractivity contribution in [3.05, 3.63) is 29.8 Å². The molecule has 6 heteroatoms. The Kier molecular flexibility index (Phi) is 5.80. The summed E-state index contributed by atoms with van der Waals surface area (Å²) in [6.45, 7) is 3.02. The summed E-state index contributed by atoms with van der Waals surface area (Å²) in [5.74, 6) is 0. The first kappa shape index (κ1) is 16.4. The molecule has 1 saturated heterocycles. The van der Waals surface area contributed by atoms with Gasteiger partial charge < -0.3 is 5.32 Å². The molecule has 1 heterocycles. The van der Waals surface area contributed by atoms with Crippen LogP contribution in [0.3, 0.4) is 0 Å². The van der Waals surface area contributed by atoms with Gasteiger partial charge in [-0.1, -0.05) is 18.2 Å². The van der Waals surface area contributed by atoms with Crippen LogP contribution in [0, 0.1) is 6.92 Å². The van der Waals surface area contributed by atoms with Gasteiger partial charge in [0, 0.05) is 19.1 Å². The van der Waals surface area contributed by atoms with Crippen molar-refractivity contribution in [3.8, 4) is 0 Å². The minimum atomic E-state index is -3.34. The first-order valence-electron chi connectivity index (χ1n) is 6.29. The summed E-state index contributed by atoms with van der Waals surface area (Å²) in [6.07, 6.45) is 1.95. The van der Waals surface area contributed by atoms with Crippen molar-refractivity contribution in [2.24, 2.45) is 0 Å². The summed E-state index contributed by atoms with van der Waals surface area (Å²) in [4.78, 5) is 0.432. The monoisotopic (exact) mass is 304 g/mol. The minimum absolute atomic E-state index is 0. The number of sulfonamides is 1. The maximum Gasteiger partial charge on any atom is 0.243 e. The largest absolute Gasteiger partial charge is 0.316 e. The van der Waals surface area contributed by atoms with Crippen molar-refractivity contribution >= 4 is 22.4 Å². The second-order valence-electron chi connectivity index (χ2n) is 4.76. The van der Waals surface area contributed by atoms with Crippen LogP contribution in [-0.4, -0.2) is 38.9 Å². The summed E-state index contributed by atoms with van der Waals surface area (Å²) in [5.41, 5.74) is 0.809. The molecule has 1 atom stereocenters. The van der Waals surface area contributed by atoms with Gasteiger partial charge in [-0.3, -0.25) is 0 Å². The Balaban J connectivity index is 0.00000180. The molecular weight excluding hydrogens is 284 g/mol. The molecule has 1 fully saturated rings. The number of piperidine rings is 1. The van der Waals surface area contributed by atoms with Crippen molar-refractivity contribution in [2.45, 2.75) is 30.7 Å².